The van der Waals surface area contributed by atoms with Crippen LogP contribution in [0.25, 0.3) is 0 Å². The normalized spacial score (nSPS) is 12.3. The molecule has 0 radical (unpaired) electrons. The summed E-state index contributed by atoms with van der Waals surface area (Å²) in [6, 6.07) is 3.60. The Hall–Kier alpha value is -2.61. The molecule has 0 fully saturated rings. The van der Waals surface area contributed by atoms with Gasteiger partial charge in [-0.25, -0.2) is 4.79 Å². The third kappa shape index (κ3) is 4.45. The highest BCUT2D eigenvalue weighted by Gasteiger charge is 2.18. The molecule has 8 heteroatoms. The number of H-pyrrole nitrogens is 2. The number of hydrogen-bond acceptors (Lipinski definition) is 5. The topological polar surface area (TPSA) is 111 Å². The van der Waals surface area contributed by atoms with E-state index < -0.39 is 11.2 Å². The zero-order valence-corrected chi connectivity index (χ0v) is 14.0. The van der Waals surface area contributed by atoms with Crippen molar-refractivity contribution in [2.75, 3.05) is 20.6 Å². The van der Waals surface area contributed by atoms with Crippen LogP contribution in [0.4, 0.5) is 0 Å². The lowest BCUT2D eigenvalue weighted by Crippen LogP contribution is -2.35. The van der Waals surface area contributed by atoms with Crippen molar-refractivity contribution in [2.45, 2.75) is 25.8 Å². The van der Waals surface area contributed by atoms with Crippen LogP contribution >= 0.6 is 0 Å². The van der Waals surface area contributed by atoms with E-state index in [0.717, 1.165) is 5.76 Å². The van der Waals surface area contributed by atoms with E-state index in [4.69, 9.17) is 4.42 Å². The van der Waals surface area contributed by atoms with Gasteiger partial charge in [-0.05, 0) is 39.6 Å². The fourth-order valence-electron chi connectivity index (χ4n) is 2.48. The predicted molar refractivity (Wildman–Crippen MR) is 88.9 cm³/mol. The average molecular weight is 334 g/mol. The van der Waals surface area contributed by atoms with Gasteiger partial charge in [0, 0.05) is 24.2 Å². The van der Waals surface area contributed by atoms with Crippen LogP contribution in [0, 0.1) is 6.92 Å². The Morgan fingerprint density at radius 3 is 2.67 bits per heavy atom. The van der Waals surface area contributed by atoms with Crippen LogP contribution in [0.1, 0.15) is 29.5 Å². The predicted octanol–water partition coefficient (Wildman–Crippen LogP) is 0.316. The summed E-state index contributed by atoms with van der Waals surface area (Å²) in [6.45, 7) is 2.04. The SMILES string of the molecule is Cc1[nH]c(=O)[nH]c(=O)c1CCC(=O)NC[C@@H](c1ccco1)N(C)C. The van der Waals surface area contributed by atoms with Gasteiger partial charge in [-0.1, -0.05) is 0 Å². The van der Waals surface area contributed by atoms with Crippen LogP contribution in [-0.4, -0.2) is 41.4 Å². The van der Waals surface area contributed by atoms with Gasteiger partial charge in [-0.3, -0.25) is 19.5 Å². The highest BCUT2D eigenvalue weighted by atomic mass is 16.3. The molecule has 24 heavy (non-hydrogen) atoms. The van der Waals surface area contributed by atoms with E-state index >= 15 is 0 Å². The summed E-state index contributed by atoms with van der Waals surface area (Å²) in [4.78, 5) is 41.6. The number of furan rings is 1. The van der Waals surface area contributed by atoms with E-state index in [1.807, 2.05) is 25.1 Å². The van der Waals surface area contributed by atoms with E-state index in [1.54, 1.807) is 19.3 Å². The molecule has 2 rings (SSSR count). The molecule has 2 heterocycles. The second-order valence-corrected chi connectivity index (χ2v) is 5.81. The first kappa shape index (κ1) is 17.7. The fraction of sp³-hybridized carbons (Fsp3) is 0.438. The lowest BCUT2D eigenvalue weighted by atomic mass is 10.1. The summed E-state index contributed by atoms with van der Waals surface area (Å²) in [6.07, 6.45) is 2.02. The van der Waals surface area contributed by atoms with Crippen LogP contribution in [0.15, 0.2) is 32.4 Å². The van der Waals surface area contributed by atoms with Crippen molar-refractivity contribution < 1.29 is 9.21 Å². The van der Waals surface area contributed by atoms with Crippen molar-refractivity contribution in [3.8, 4) is 0 Å². The first-order valence-electron chi connectivity index (χ1n) is 7.67. The standard InChI is InChI=1S/C16H22N4O4/c1-10-11(15(22)19-16(23)18-10)6-7-14(21)17-9-12(20(2)3)13-5-4-8-24-13/h4-5,8,12H,6-7,9H2,1-3H3,(H,17,21)(H2,18,19,22,23)/t12-/m0/s1. The van der Waals surface area contributed by atoms with Crippen LogP contribution in [0.3, 0.4) is 0 Å². The molecule has 0 aliphatic rings. The molecule has 0 saturated carbocycles. The molecule has 0 bridgehead atoms. The van der Waals surface area contributed by atoms with Gasteiger partial charge in [0.15, 0.2) is 0 Å². The van der Waals surface area contributed by atoms with Crippen LogP contribution in [-0.2, 0) is 11.2 Å². The number of rotatable bonds is 7. The fourth-order valence-corrected chi connectivity index (χ4v) is 2.48. The van der Waals surface area contributed by atoms with Crippen LogP contribution in [0.5, 0.6) is 0 Å². The summed E-state index contributed by atoms with van der Waals surface area (Å²) >= 11 is 0. The van der Waals surface area contributed by atoms with Crippen molar-refractivity contribution >= 4 is 5.91 Å². The van der Waals surface area contributed by atoms with Crippen molar-refractivity contribution in [3.05, 3.63) is 56.3 Å². The van der Waals surface area contributed by atoms with Crippen molar-refractivity contribution in [1.82, 2.24) is 20.2 Å². The first-order chi connectivity index (χ1) is 11.4. The van der Waals surface area contributed by atoms with Gasteiger partial charge in [-0.15, -0.1) is 0 Å². The number of amides is 1. The Balaban J connectivity index is 1.92. The largest absolute Gasteiger partial charge is 0.468 e. The maximum absolute atomic E-state index is 12.1. The molecule has 0 aliphatic heterocycles. The third-order valence-electron chi connectivity index (χ3n) is 3.84. The summed E-state index contributed by atoms with van der Waals surface area (Å²) < 4.78 is 5.39. The summed E-state index contributed by atoms with van der Waals surface area (Å²) in [5.74, 6) is 0.603. The Morgan fingerprint density at radius 2 is 2.08 bits per heavy atom. The number of likely N-dealkylation sites (N-methyl/N-ethyl adjacent to an activating group) is 1. The molecule has 0 unspecified atom stereocenters. The molecule has 130 valence electrons. The minimum atomic E-state index is -0.544. The van der Waals surface area contributed by atoms with Crippen molar-refractivity contribution in [1.29, 1.82) is 0 Å². The number of aryl methyl sites for hydroxylation is 1. The van der Waals surface area contributed by atoms with Gasteiger partial charge < -0.3 is 14.7 Å². The highest BCUT2D eigenvalue weighted by molar-refractivity contribution is 5.76. The van der Waals surface area contributed by atoms with Crippen LogP contribution in [0.2, 0.25) is 0 Å². The number of nitrogens with one attached hydrogen (secondary N) is 3. The Morgan fingerprint density at radius 1 is 1.33 bits per heavy atom. The smallest absolute Gasteiger partial charge is 0.325 e. The van der Waals surface area contributed by atoms with Crippen molar-refractivity contribution in [3.63, 3.8) is 0 Å². The maximum Gasteiger partial charge on any atom is 0.325 e. The number of carbonyl (C=O) groups is 1. The molecule has 0 spiro atoms. The van der Waals surface area contributed by atoms with Gasteiger partial charge in [0.25, 0.3) is 5.56 Å². The van der Waals surface area contributed by atoms with Gasteiger partial charge in [0.05, 0.1) is 12.3 Å². The van der Waals surface area contributed by atoms with E-state index in [2.05, 4.69) is 15.3 Å². The number of hydrogen-bond donors (Lipinski definition) is 3. The minimum Gasteiger partial charge on any atom is -0.468 e. The maximum atomic E-state index is 12.1. The zero-order chi connectivity index (χ0) is 17.7. The lowest BCUT2D eigenvalue weighted by Gasteiger charge is -2.22. The molecule has 0 aliphatic carbocycles. The molecule has 1 atom stereocenters. The quantitative estimate of drug-likeness (QED) is 0.675. The average Bonchev–Trinajstić information content (AvgIpc) is 3.00. The van der Waals surface area contributed by atoms with E-state index in [0.29, 0.717) is 17.8 Å². The molecule has 8 nitrogen and oxygen atoms in total. The molecule has 0 aromatic carbocycles. The summed E-state index contributed by atoms with van der Waals surface area (Å²) in [5, 5.41) is 2.85. The zero-order valence-electron chi connectivity index (χ0n) is 14.0. The van der Waals surface area contributed by atoms with E-state index in [1.165, 1.54) is 0 Å². The molecule has 0 saturated heterocycles. The molecule has 3 N–H and O–H groups in total. The lowest BCUT2D eigenvalue weighted by molar-refractivity contribution is -0.121. The van der Waals surface area contributed by atoms with Gasteiger partial charge in [0.1, 0.15) is 5.76 Å². The van der Waals surface area contributed by atoms with Gasteiger partial charge >= 0.3 is 5.69 Å². The number of aromatic nitrogens is 2. The number of aromatic amines is 2. The summed E-state index contributed by atoms with van der Waals surface area (Å²) in [7, 11) is 3.81. The van der Waals surface area contributed by atoms with Gasteiger partial charge in [-0.2, -0.15) is 0 Å². The monoisotopic (exact) mass is 334 g/mol. The second kappa shape index (κ2) is 7.78. The minimum absolute atomic E-state index is 0.0674. The van der Waals surface area contributed by atoms with Crippen LogP contribution < -0.4 is 16.6 Å². The highest BCUT2D eigenvalue weighted by Crippen LogP contribution is 2.17. The molecular weight excluding hydrogens is 312 g/mol. The Bertz CT molecular complexity index is 789. The van der Waals surface area contributed by atoms with Crippen molar-refractivity contribution in [2.24, 2.45) is 0 Å². The Kier molecular flexibility index (Phi) is 5.75. The second-order valence-electron chi connectivity index (χ2n) is 5.81. The summed E-state index contributed by atoms with van der Waals surface area (Å²) in [5.41, 5.74) is -0.0953. The number of nitrogens with zero attached hydrogens (tertiary/aromatic N) is 1. The molecular formula is C16H22N4O4. The molecule has 2 aromatic rings. The van der Waals surface area contributed by atoms with Gasteiger partial charge in [0.2, 0.25) is 5.91 Å². The molecule has 2 aromatic heterocycles. The van der Waals surface area contributed by atoms with E-state index in [9.17, 15) is 14.4 Å². The molecule has 1 amide bonds. The first-order valence-corrected chi connectivity index (χ1v) is 7.67. The third-order valence-corrected chi connectivity index (χ3v) is 3.84. The van der Waals surface area contributed by atoms with E-state index in [-0.39, 0.29) is 24.8 Å². The number of carbonyl (C=O) groups excluding carboxylic acids is 1. The Labute approximate surface area is 138 Å².